The van der Waals surface area contributed by atoms with Gasteiger partial charge in [-0.05, 0) is 29.8 Å². The number of carbonyl (C=O) groups is 1. The van der Waals surface area contributed by atoms with Gasteiger partial charge < -0.3 is 5.11 Å². The van der Waals surface area contributed by atoms with Crippen molar-refractivity contribution in [3.05, 3.63) is 64.4 Å². The monoisotopic (exact) mass is 278 g/mol. The van der Waals surface area contributed by atoms with Crippen LogP contribution in [0.25, 0.3) is 0 Å². The zero-order valence-electron chi connectivity index (χ0n) is 10.1. The Morgan fingerprint density at radius 2 is 1.89 bits per heavy atom. The van der Waals surface area contributed by atoms with Gasteiger partial charge in [0.2, 0.25) is 0 Å². The zero-order chi connectivity index (χ0) is 13.8. The second-order valence-corrected chi connectivity index (χ2v) is 4.67. The highest BCUT2D eigenvalue weighted by molar-refractivity contribution is 6.31. The Morgan fingerprint density at radius 1 is 1.16 bits per heavy atom. The second-order valence-electron chi connectivity index (χ2n) is 4.26. The standard InChI is InChI=1S/C15H12ClFO2/c16-14-5-2-6-15(17)13(14)9-12(19)8-10-3-1-4-11(18)7-10/h1-7,18H,8-9H2. The van der Waals surface area contributed by atoms with Crippen LogP contribution in [0.3, 0.4) is 0 Å². The third-order valence-electron chi connectivity index (χ3n) is 2.75. The first-order valence-corrected chi connectivity index (χ1v) is 6.16. The van der Waals surface area contributed by atoms with Crippen molar-refractivity contribution >= 4 is 17.4 Å². The Balaban J connectivity index is 2.10. The number of phenolic OH excluding ortho intramolecular Hbond substituents is 1. The van der Waals surface area contributed by atoms with Crippen LogP contribution in [0.4, 0.5) is 4.39 Å². The van der Waals surface area contributed by atoms with Gasteiger partial charge >= 0.3 is 0 Å². The Morgan fingerprint density at radius 3 is 2.58 bits per heavy atom. The SMILES string of the molecule is O=C(Cc1cccc(O)c1)Cc1c(F)cccc1Cl. The molecule has 2 nitrogen and oxygen atoms in total. The fourth-order valence-electron chi connectivity index (χ4n) is 1.85. The topological polar surface area (TPSA) is 37.3 Å². The predicted molar refractivity (Wildman–Crippen MR) is 71.9 cm³/mol. The first kappa shape index (κ1) is 13.6. The molecule has 0 saturated carbocycles. The van der Waals surface area contributed by atoms with E-state index in [0.29, 0.717) is 5.56 Å². The van der Waals surface area contributed by atoms with Crippen molar-refractivity contribution in [2.45, 2.75) is 12.8 Å². The number of phenols is 1. The Hall–Kier alpha value is -1.87. The normalized spacial score (nSPS) is 10.4. The molecule has 0 spiro atoms. The van der Waals surface area contributed by atoms with Crippen LogP contribution in [0.2, 0.25) is 5.02 Å². The average Bonchev–Trinajstić information content (AvgIpc) is 2.34. The van der Waals surface area contributed by atoms with E-state index in [4.69, 9.17) is 11.6 Å². The van der Waals surface area contributed by atoms with Gasteiger partial charge in [-0.3, -0.25) is 4.79 Å². The van der Waals surface area contributed by atoms with Gasteiger partial charge in [0, 0.05) is 23.4 Å². The van der Waals surface area contributed by atoms with Gasteiger partial charge in [0.1, 0.15) is 17.3 Å². The quantitative estimate of drug-likeness (QED) is 0.929. The molecule has 0 aliphatic heterocycles. The maximum Gasteiger partial charge on any atom is 0.141 e. The summed E-state index contributed by atoms with van der Waals surface area (Å²) in [5, 5.41) is 9.57. The molecule has 0 radical (unpaired) electrons. The van der Waals surface area contributed by atoms with Crippen molar-refractivity contribution in [2.75, 3.05) is 0 Å². The van der Waals surface area contributed by atoms with Gasteiger partial charge in [-0.25, -0.2) is 4.39 Å². The van der Waals surface area contributed by atoms with E-state index in [9.17, 15) is 14.3 Å². The summed E-state index contributed by atoms with van der Waals surface area (Å²) in [6.07, 6.45) is 0.0836. The largest absolute Gasteiger partial charge is 0.508 e. The molecule has 0 bridgehead atoms. The van der Waals surface area contributed by atoms with E-state index in [1.165, 1.54) is 24.3 Å². The van der Waals surface area contributed by atoms with E-state index in [1.54, 1.807) is 18.2 Å². The third-order valence-corrected chi connectivity index (χ3v) is 3.10. The summed E-state index contributed by atoms with van der Waals surface area (Å²) in [6.45, 7) is 0. The van der Waals surface area contributed by atoms with Gasteiger partial charge in [0.15, 0.2) is 0 Å². The molecule has 0 heterocycles. The molecule has 0 amide bonds. The average molecular weight is 279 g/mol. The molecule has 2 rings (SSSR count). The van der Waals surface area contributed by atoms with E-state index in [0.717, 1.165) is 0 Å². The summed E-state index contributed by atoms with van der Waals surface area (Å²) in [4.78, 5) is 11.9. The zero-order valence-corrected chi connectivity index (χ0v) is 10.8. The Kier molecular flexibility index (Phi) is 4.17. The molecule has 0 aliphatic carbocycles. The first-order valence-electron chi connectivity index (χ1n) is 5.79. The highest BCUT2D eigenvalue weighted by Gasteiger charge is 2.12. The fraction of sp³-hybridized carbons (Fsp3) is 0.133. The molecule has 1 N–H and O–H groups in total. The highest BCUT2D eigenvalue weighted by Crippen LogP contribution is 2.20. The van der Waals surface area contributed by atoms with Crippen molar-refractivity contribution in [2.24, 2.45) is 0 Å². The van der Waals surface area contributed by atoms with Gasteiger partial charge in [0.25, 0.3) is 0 Å². The summed E-state index contributed by atoms with van der Waals surface area (Å²) in [7, 11) is 0. The number of benzene rings is 2. The van der Waals surface area contributed by atoms with Gasteiger partial charge in [-0.1, -0.05) is 29.8 Å². The van der Waals surface area contributed by atoms with Crippen molar-refractivity contribution in [3.8, 4) is 5.75 Å². The Labute approximate surface area is 115 Å². The van der Waals surface area contributed by atoms with E-state index in [-0.39, 0.29) is 35.0 Å². The fourth-order valence-corrected chi connectivity index (χ4v) is 2.08. The molecule has 19 heavy (non-hydrogen) atoms. The number of Topliss-reactive ketones (excluding diaryl/α,β-unsaturated/α-hetero) is 1. The molecule has 2 aromatic rings. The molecular formula is C15H12ClFO2. The number of halogens is 2. The second kappa shape index (κ2) is 5.85. The minimum atomic E-state index is -0.475. The molecular weight excluding hydrogens is 267 g/mol. The third kappa shape index (κ3) is 3.55. The van der Waals surface area contributed by atoms with Crippen molar-refractivity contribution in [1.29, 1.82) is 0 Å². The minimum absolute atomic E-state index is 0.0544. The van der Waals surface area contributed by atoms with Crippen LogP contribution in [0.1, 0.15) is 11.1 Å². The van der Waals surface area contributed by atoms with E-state index >= 15 is 0 Å². The molecule has 0 fully saturated rings. The van der Waals surface area contributed by atoms with Crippen LogP contribution >= 0.6 is 11.6 Å². The molecule has 0 aromatic heterocycles. The maximum absolute atomic E-state index is 13.5. The molecule has 0 saturated heterocycles. The van der Waals surface area contributed by atoms with Crippen LogP contribution < -0.4 is 0 Å². The lowest BCUT2D eigenvalue weighted by Gasteiger charge is -2.05. The van der Waals surface area contributed by atoms with E-state index in [1.807, 2.05) is 0 Å². The summed E-state index contributed by atoms with van der Waals surface area (Å²) in [5.41, 5.74) is 0.909. The van der Waals surface area contributed by atoms with Gasteiger partial charge in [-0.15, -0.1) is 0 Å². The van der Waals surface area contributed by atoms with Crippen LogP contribution in [0.15, 0.2) is 42.5 Å². The number of hydrogen-bond acceptors (Lipinski definition) is 2. The maximum atomic E-state index is 13.5. The van der Waals surface area contributed by atoms with E-state index < -0.39 is 5.82 Å². The minimum Gasteiger partial charge on any atom is -0.508 e. The highest BCUT2D eigenvalue weighted by atomic mass is 35.5. The lowest BCUT2D eigenvalue weighted by atomic mass is 10.0. The summed E-state index contributed by atoms with van der Waals surface area (Å²) >= 11 is 5.87. The molecule has 0 unspecified atom stereocenters. The summed E-state index contributed by atoms with van der Waals surface area (Å²) in [6, 6.07) is 10.8. The number of rotatable bonds is 4. The lowest BCUT2D eigenvalue weighted by Crippen LogP contribution is -2.08. The van der Waals surface area contributed by atoms with Gasteiger partial charge in [0.05, 0.1) is 0 Å². The molecule has 2 aromatic carbocycles. The Bertz CT molecular complexity index is 591. The molecule has 4 heteroatoms. The first-order chi connectivity index (χ1) is 9.06. The molecule has 98 valence electrons. The number of carbonyl (C=O) groups excluding carboxylic acids is 1. The van der Waals surface area contributed by atoms with Crippen LogP contribution in [-0.4, -0.2) is 10.9 Å². The number of hydrogen-bond donors (Lipinski definition) is 1. The van der Waals surface area contributed by atoms with Crippen LogP contribution in [0.5, 0.6) is 5.75 Å². The van der Waals surface area contributed by atoms with E-state index in [2.05, 4.69) is 0 Å². The van der Waals surface area contributed by atoms with Crippen LogP contribution in [0, 0.1) is 5.82 Å². The molecule has 0 atom stereocenters. The van der Waals surface area contributed by atoms with Crippen molar-refractivity contribution in [3.63, 3.8) is 0 Å². The summed E-state index contributed by atoms with van der Waals surface area (Å²) < 4.78 is 13.5. The number of aromatic hydroxyl groups is 1. The molecule has 0 aliphatic rings. The number of ketones is 1. The smallest absolute Gasteiger partial charge is 0.141 e. The lowest BCUT2D eigenvalue weighted by molar-refractivity contribution is -0.117. The van der Waals surface area contributed by atoms with Crippen molar-refractivity contribution in [1.82, 2.24) is 0 Å². The predicted octanol–water partition coefficient (Wildman–Crippen LogP) is 3.54. The van der Waals surface area contributed by atoms with Crippen molar-refractivity contribution < 1.29 is 14.3 Å². The van der Waals surface area contributed by atoms with Crippen LogP contribution in [-0.2, 0) is 17.6 Å². The van der Waals surface area contributed by atoms with Gasteiger partial charge in [-0.2, -0.15) is 0 Å². The summed E-state index contributed by atoms with van der Waals surface area (Å²) in [5.74, 6) is -0.524.